The Morgan fingerprint density at radius 2 is 1.69 bits per heavy atom. The highest BCUT2D eigenvalue weighted by molar-refractivity contribution is 6.03. The molecule has 0 saturated heterocycles. The second-order valence-electron chi connectivity index (χ2n) is 8.67. The maximum absolute atomic E-state index is 15.6. The fourth-order valence-corrected chi connectivity index (χ4v) is 4.35. The second-order valence-corrected chi connectivity index (χ2v) is 8.67. The van der Waals surface area contributed by atoms with Gasteiger partial charge in [-0.3, -0.25) is 14.5 Å². The van der Waals surface area contributed by atoms with Crippen LogP contribution < -0.4 is 9.47 Å². The number of aliphatic hydroxyl groups excluding tert-OH is 1. The Labute approximate surface area is 220 Å². The summed E-state index contributed by atoms with van der Waals surface area (Å²) in [4.78, 5) is 18.8. The number of aliphatic hydroxyl groups is 1. The number of fused-ring (bicyclic) bond motifs is 1. The summed E-state index contributed by atoms with van der Waals surface area (Å²) < 4.78 is 63.7. The molecule has 8 nitrogen and oxygen atoms in total. The Bertz CT molecular complexity index is 1470. The molecule has 0 fully saturated rings. The van der Waals surface area contributed by atoms with Crippen molar-refractivity contribution in [2.75, 3.05) is 19.7 Å². The SMILES string of the molecule is O=C1c2c(-c3ccc(OCc4ccc(OC(F)(F)F)cc4)cc3F)c(-c3ccncc3)nn2CCN1CCO. The number of carbonyl (C=O) groups excluding carboxylic acids is 1. The molecule has 202 valence electrons. The molecular weight excluding hydrogens is 520 g/mol. The molecule has 1 amide bonds. The number of benzene rings is 2. The van der Waals surface area contributed by atoms with Crippen molar-refractivity contribution in [1.82, 2.24) is 19.7 Å². The first kappa shape index (κ1) is 26.2. The minimum Gasteiger partial charge on any atom is -0.489 e. The first-order valence-corrected chi connectivity index (χ1v) is 11.9. The first-order chi connectivity index (χ1) is 18.7. The van der Waals surface area contributed by atoms with E-state index < -0.39 is 12.2 Å². The van der Waals surface area contributed by atoms with E-state index in [0.29, 0.717) is 35.5 Å². The smallest absolute Gasteiger partial charge is 0.489 e. The minimum atomic E-state index is -4.79. The standard InChI is InChI=1S/C27H22F4N4O4/c28-22-15-20(38-16-17-1-3-19(4-2-17)39-27(29,30)31)5-6-21(22)23-24(18-7-9-32-10-8-18)33-35-12-11-34(13-14-36)26(37)25(23)35/h1-10,15,36H,11-14,16H2. The van der Waals surface area contributed by atoms with Gasteiger partial charge in [-0.1, -0.05) is 12.1 Å². The van der Waals surface area contributed by atoms with E-state index >= 15 is 4.39 Å². The number of ether oxygens (including phenoxy) is 2. The van der Waals surface area contributed by atoms with Gasteiger partial charge in [-0.15, -0.1) is 13.2 Å². The van der Waals surface area contributed by atoms with Crippen molar-refractivity contribution < 1.29 is 36.9 Å². The normalized spacial score (nSPS) is 13.4. The van der Waals surface area contributed by atoms with Gasteiger partial charge in [0.1, 0.15) is 35.3 Å². The summed E-state index contributed by atoms with van der Waals surface area (Å²) in [6.07, 6.45) is -1.63. The van der Waals surface area contributed by atoms with Crippen LogP contribution in [-0.4, -0.2) is 56.7 Å². The zero-order valence-corrected chi connectivity index (χ0v) is 20.4. The highest BCUT2D eigenvalue weighted by atomic mass is 19.4. The molecule has 2 aromatic heterocycles. The Morgan fingerprint density at radius 3 is 2.36 bits per heavy atom. The van der Waals surface area contributed by atoms with Gasteiger partial charge in [0.05, 0.1) is 13.2 Å². The molecule has 12 heteroatoms. The van der Waals surface area contributed by atoms with Crippen molar-refractivity contribution in [2.24, 2.45) is 0 Å². The number of aromatic nitrogens is 3. The average Bonchev–Trinajstić information content (AvgIpc) is 3.30. The van der Waals surface area contributed by atoms with E-state index in [-0.39, 0.29) is 48.4 Å². The van der Waals surface area contributed by atoms with Crippen LogP contribution in [0.5, 0.6) is 11.5 Å². The van der Waals surface area contributed by atoms with Crippen LogP contribution in [-0.2, 0) is 13.2 Å². The van der Waals surface area contributed by atoms with Crippen molar-refractivity contribution in [1.29, 1.82) is 0 Å². The van der Waals surface area contributed by atoms with Gasteiger partial charge in [-0.25, -0.2) is 4.39 Å². The summed E-state index contributed by atoms with van der Waals surface area (Å²) in [6.45, 7) is 0.666. The number of hydrogen-bond donors (Lipinski definition) is 1. The molecule has 4 aromatic rings. The molecule has 5 rings (SSSR count). The van der Waals surface area contributed by atoms with Gasteiger partial charge in [0.2, 0.25) is 0 Å². The van der Waals surface area contributed by atoms with Crippen LogP contribution >= 0.6 is 0 Å². The molecule has 2 aromatic carbocycles. The molecule has 0 atom stereocenters. The van der Waals surface area contributed by atoms with Gasteiger partial charge in [-0.05, 0) is 42.0 Å². The summed E-state index contributed by atoms with van der Waals surface area (Å²) in [5.41, 5.74) is 2.30. The number of amides is 1. The molecule has 0 radical (unpaired) electrons. The lowest BCUT2D eigenvalue weighted by Gasteiger charge is -2.27. The fourth-order valence-electron chi connectivity index (χ4n) is 4.35. The molecule has 1 aliphatic rings. The maximum Gasteiger partial charge on any atom is 0.573 e. The molecule has 0 unspecified atom stereocenters. The van der Waals surface area contributed by atoms with E-state index in [1.807, 2.05) is 0 Å². The molecule has 0 spiro atoms. The maximum atomic E-state index is 15.6. The van der Waals surface area contributed by atoms with Crippen LogP contribution in [0.1, 0.15) is 16.1 Å². The van der Waals surface area contributed by atoms with E-state index in [0.717, 1.165) is 12.1 Å². The lowest BCUT2D eigenvalue weighted by Crippen LogP contribution is -2.42. The molecule has 3 heterocycles. The van der Waals surface area contributed by atoms with E-state index in [2.05, 4.69) is 14.8 Å². The minimum absolute atomic E-state index is 0.0227. The molecule has 0 saturated carbocycles. The number of nitrogens with zero attached hydrogens (tertiary/aromatic N) is 4. The number of carbonyl (C=O) groups is 1. The van der Waals surface area contributed by atoms with Crippen molar-refractivity contribution in [3.63, 3.8) is 0 Å². The second kappa shape index (κ2) is 10.7. The fraction of sp³-hybridized carbons (Fsp3) is 0.222. The van der Waals surface area contributed by atoms with Crippen LogP contribution in [0.2, 0.25) is 0 Å². The number of alkyl halides is 3. The van der Waals surface area contributed by atoms with Gasteiger partial charge in [0.25, 0.3) is 5.91 Å². The number of β-amino-alcohol motifs (C(OH)–C–C–N with tert-alkyl or cyclic N) is 1. The van der Waals surface area contributed by atoms with E-state index in [4.69, 9.17) is 4.74 Å². The van der Waals surface area contributed by atoms with Crippen LogP contribution in [0, 0.1) is 5.82 Å². The lowest BCUT2D eigenvalue weighted by atomic mass is 9.97. The van der Waals surface area contributed by atoms with Crippen LogP contribution in [0.4, 0.5) is 17.6 Å². The zero-order valence-electron chi connectivity index (χ0n) is 20.4. The van der Waals surface area contributed by atoms with Gasteiger partial charge < -0.3 is 19.5 Å². The van der Waals surface area contributed by atoms with Gasteiger partial charge >= 0.3 is 6.36 Å². The van der Waals surface area contributed by atoms with E-state index in [1.165, 1.54) is 29.2 Å². The zero-order chi connectivity index (χ0) is 27.6. The molecule has 0 aliphatic carbocycles. The Morgan fingerprint density at radius 1 is 0.974 bits per heavy atom. The molecular formula is C27H22F4N4O4. The van der Waals surface area contributed by atoms with Crippen LogP contribution in [0.25, 0.3) is 22.4 Å². The summed E-state index contributed by atoms with van der Waals surface area (Å²) in [6, 6.07) is 12.8. The predicted octanol–water partition coefficient (Wildman–Crippen LogP) is 4.68. The summed E-state index contributed by atoms with van der Waals surface area (Å²) in [5, 5.41) is 14.0. The summed E-state index contributed by atoms with van der Waals surface area (Å²) in [5.74, 6) is -1.19. The first-order valence-electron chi connectivity index (χ1n) is 11.9. The van der Waals surface area contributed by atoms with Gasteiger partial charge in [0.15, 0.2) is 0 Å². The number of halogens is 4. The van der Waals surface area contributed by atoms with Crippen molar-refractivity contribution in [2.45, 2.75) is 19.5 Å². The lowest BCUT2D eigenvalue weighted by molar-refractivity contribution is -0.274. The third-order valence-corrected chi connectivity index (χ3v) is 6.12. The van der Waals surface area contributed by atoms with Crippen LogP contribution in [0.15, 0.2) is 67.0 Å². The average molecular weight is 542 g/mol. The molecule has 1 N–H and O–H groups in total. The number of rotatable bonds is 8. The monoisotopic (exact) mass is 542 g/mol. The molecule has 0 bridgehead atoms. The van der Waals surface area contributed by atoms with Gasteiger partial charge in [-0.2, -0.15) is 5.10 Å². The predicted molar refractivity (Wildman–Crippen MR) is 131 cm³/mol. The highest BCUT2D eigenvalue weighted by Gasteiger charge is 2.33. The van der Waals surface area contributed by atoms with Gasteiger partial charge in [0, 0.05) is 48.2 Å². The van der Waals surface area contributed by atoms with E-state index in [1.54, 1.807) is 35.3 Å². The quantitative estimate of drug-likeness (QED) is 0.326. The highest BCUT2D eigenvalue weighted by Crippen LogP contribution is 2.38. The largest absolute Gasteiger partial charge is 0.573 e. The summed E-state index contributed by atoms with van der Waals surface area (Å²) >= 11 is 0. The third-order valence-electron chi connectivity index (χ3n) is 6.12. The van der Waals surface area contributed by atoms with E-state index in [9.17, 15) is 23.1 Å². The number of hydrogen-bond acceptors (Lipinski definition) is 6. The van der Waals surface area contributed by atoms with Crippen molar-refractivity contribution >= 4 is 5.91 Å². The number of pyridine rings is 1. The Hall–Kier alpha value is -4.45. The van der Waals surface area contributed by atoms with Crippen molar-refractivity contribution in [3.8, 4) is 33.9 Å². The molecule has 1 aliphatic heterocycles. The Balaban J connectivity index is 1.43. The Kier molecular flexibility index (Phi) is 7.20. The third kappa shape index (κ3) is 5.70. The van der Waals surface area contributed by atoms with Crippen LogP contribution in [0.3, 0.4) is 0 Å². The van der Waals surface area contributed by atoms with Crippen molar-refractivity contribution in [3.05, 3.63) is 84.1 Å². The molecule has 39 heavy (non-hydrogen) atoms. The summed E-state index contributed by atoms with van der Waals surface area (Å²) in [7, 11) is 0. The topological polar surface area (TPSA) is 89.7 Å².